The van der Waals surface area contributed by atoms with Gasteiger partial charge in [-0.25, -0.2) is 24.6 Å². The van der Waals surface area contributed by atoms with Gasteiger partial charge in [-0.2, -0.15) is 0 Å². The fraction of sp³-hybridized carbons (Fsp3) is 0.440. The smallest absolute Gasteiger partial charge is 0.178 e. The molecule has 41 heavy (non-hydrogen) atoms. The molecule has 0 spiro atoms. The monoisotopic (exact) mass is 563 g/mol. The van der Waals surface area contributed by atoms with Crippen LogP contribution in [0.3, 0.4) is 0 Å². The maximum absolute atomic E-state index is 13.3. The minimum Gasteiger partial charge on any atom is -0.411 e. The van der Waals surface area contributed by atoms with Gasteiger partial charge in [0.25, 0.3) is 0 Å². The van der Waals surface area contributed by atoms with Crippen molar-refractivity contribution in [3.8, 4) is 0 Å². The van der Waals surface area contributed by atoms with E-state index in [1.165, 1.54) is 12.5 Å². The van der Waals surface area contributed by atoms with Gasteiger partial charge in [0.15, 0.2) is 29.3 Å². The van der Waals surface area contributed by atoms with E-state index in [2.05, 4.69) is 40.7 Å². The quantitative estimate of drug-likeness (QED) is 0.101. The molecule has 0 bridgehead atoms. The lowest BCUT2D eigenvalue weighted by molar-refractivity contribution is -0.196. The number of nitrogens with zero attached hydrogens (tertiary/aromatic N) is 9. The number of carbonyl (C=O) groups is 1. The second-order valence-corrected chi connectivity index (χ2v) is 10.2. The number of oxime groups is 1. The molecule has 214 valence electrons. The molecular weight excluding hydrogens is 534 g/mol. The van der Waals surface area contributed by atoms with Crippen molar-refractivity contribution in [3.05, 3.63) is 54.1 Å². The van der Waals surface area contributed by atoms with E-state index < -0.39 is 30.3 Å². The number of nitrogen functional groups attached to an aromatic ring is 1. The number of Topliss-reactive ketones (excluding diaryl/α,β-unsaturated/α-hetero) is 1. The van der Waals surface area contributed by atoms with Gasteiger partial charge in [-0.1, -0.05) is 16.4 Å². The Morgan fingerprint density at radius 2 is 2.07 bits per heavy atom. The van der Waals surface area contributed by atoms with Crippen molar-refractivity contribution >= 4 is 29.0 Å². The van der Waals surface area contributed by atoms with Gasteiger partial charge >= 0.3 is 0 Å². The average molecular weight is 564 g/mol. The van der Waals surface area contributed by atoms with Gasteiger partial charge in [0, 0.05) is 19.2 Å². The van der Waals surface area contributed by atoms with Gasteiger partial charge in [0.1, 0.15) is 30.2 Å². The molecule has 0 aromatic carbocycles. The number of anilines is 1. The molecule has 2 aliphatic heterocycles. The minimum absolute atomic E-state index is 0.0709. The highest BCUT2D eigenvalue weighted by atomic mass is 16.8. The Bertz CT molecular complexity index is 1580. The zero-order chi connectivity index (χ0) is 28.6. The van der Waals surface area contributed by atoms with Crippen LogP contribution in [0, 0.1) is 0 Å². The van der Waals surface area contributed by atoms with E-state index >= 15 is 0 Å². The van der Waals surface area contributed by atoms with Crippen molar-refractivity contribution in [1.82, 2.24) is 44.8 Å². The van der Waals surface area contributed by atoms with Crippen LogP contribution in [0.1, 0.15) is 37.2 Å². The van der Waals surface area contributed by atoms with E-state index in [1.54, 1.807) is 35.5 Å². The summed E-state index contributed by atoms with van der Waals surface area (Å²) in [6.45, 7) is 4.59. The molecular formula is C25H29N11O5. The number of ether oxygens (including phenoxy) is 3. The summed E-state index contributed by atoms with van der Waals surface area (Å²) in [5.74, 6) is -0.797. The highest BCUT2D eigenvalue weighted by molar-refractivity contribution is 5.86. The third-order valence-electron chi connectivity index (χ3n) is 6.79. The van der Waals surface area contributed by atoms with Crippen LogP contribution in [0.2, 0.25) is 0 Å². The fourth-order valence-corrected chi connectivity index (χ4v) is 5.06. The zero-order valence-electron chi connectivity index (χ0n) is 22.4. The van der Waals surface area contributed by atoms with Gasteiger partial charge in [0.05, 0.1) is 42.7 Å². The zero-order valence-corrected chi connectivity index (χ0v) is 22.4. The molecule has 4 N–H and O–H groups in total. The van der Waals surface area contributed by atoms with Crippen LogP contribution >= 0.6 is 0 Å². The number of aromatic nitrogens is 8. The molecule has 0 aliphatic carbocycles. The van der Waals surface area contributed by atoms with E-state index in [1.807, 2.05) is 18.3 Å². The van der Waals surface area contributed by atoms with Crippen molar-refractivity contribution in [2.45, 2.75) is 57.1 Å². The first-order chi connectivity index (χ1) is 19.8. The van der Waals surface area contributed by atoms with Crippen molar-refractivity contribution in [1.29, 1.82) is 0 Å². The average Bonchev–Trinajstić information content (AvgIpc) is 3.70. The third-order valence-corrected chi connectivity index (χ3v) is 6.79. The highest BCUT2D eigenvalue weighted by Gasteiger charge is 2.58. The van der Waals surface area contributed by atoms with Crippen LogP contribution in [0.5, 0.6) is 0 Å². The van der Waals surface area contributed by atoms with Gasteiger partial charge in [0.2, 0.25) is 0 Å². The van der Waals surface area contributed by atoms with E-state index in [0.29, 0.717) is 36.4 Å². The number of ketones is 1. The van der Waals surface area contributed by atoms with E-state index in [-0.39, 0.29) is 18.1 Å². The maximum atomic E-state index is 13.3. The summed E-state index contributed by atoms with van der Waals surface area (Å²) in [7, 11) is 0. The number of imidazole rings is 1. The van der Waals surface area contributed by atoms with Crippen molar-refractivity contribution in [2.75, 3.05) is 18.8 Å². The third kappa shape index (κ3) is 5.49. The van der Waals surface area contributed by atoms with E-state index in [9.17, 15) is 4.79 Å². The topological polar surface area (TPSA) is 203 Å². The molecule has 6 heterocycles. The van der Waals surface area contributed by atoms with Crippen LogP contribution < -0.4 is 11.1 Å². The van der Waals surface area contributed by atoms with Crippen LogP contribution in [0.4, 0.5) is 5.82 Å². The number of hydrogen-bond donors (Lipinski definition) is 3. The first-order valence-corrected chi connectivity index (χ1v) is 13.0. The van der Waals surface area contributed by atoms with E-state index in [4.69, 9.17) is 25.2 Å². The van der Waals surface area contributed by atoms with Crippen molar-refractivity contribution in [3.63, 3.8) is 0 Å². The predicted octanol–water partition coefficient (Wildman–Crippen LogP) is 0.0703. The molecule has 16 nitrogen and oxygen atoms in total. The molecule has 1 unspecified atom stereocenters. The fourth-order valence-electron chi connectivity index (χ4n) is 5.06. The van der Waals surface area contributed by atoms with Crippen LogP contribution in [0.25, 0.3) is 11.2 Å². The Morgan fingerprint density at radius 3 is 2.93 bits per heavy atom. The number of pyridine rings is 1. The number of nitrogens with two attached hydrogens (primary N) is 1. The molecule has 0 amide bonds. The number of hydrogen-bond acceptors (Lipinski definition) is 14. The first kappa shape index (κ1) is 26.8. The Hall–Kier alpha value is -4.38. The lowest BCUT2D eigenvalue weighted by atomic mass is 10.1. The minimum atomic E-state index is -0.886. The summed E-state index contributed by atoms with van der Waals surface area (Å²) in [6, 6.07) is 5.40. The van der Waals surface area contributed by atoms with E-state index in [0.717, 1.165) is 11.4 Å². The molecule has 2 saturated heterocycles. The number of carbonyl (C=O) groups excluding carboxylic acids is 1. The first-order valence-electron chi connectivity index (χ1n) is 13.0. The Kier molecular flexibility index (Phi) is 7.12. The molecule has 6 rings (SSSR count). The molecule has 16 heteroatoms. The summed E-state index contributed by atoms with van der Waals surface area (Å²) in [6.07, 6.45) is 3.87. The van der Waals surface area contributed by atoms with Gasteiger partial charge < -0.3 is 30.5 Å². The Labute approximate surface area is 233 Å². The van der Waals surface area contributed by atoms with Crippen LogP contribution in [0.15, 0.2) is 42.2 Å². The van der Waals surface area contributed by atoms with Crippen LogP contribution in [-0.4, -0.2) is 93.9 Å². The summed E-state index contributed by atoms with van der Waals surface area (Å²) < 4.78 is 21.8. The largest absolute Gasteiger partial charge is 0.411 e. The molecule has 4 aromatic rings. The summed E-state index contributed by atoms with van der Waals surface area (Å²) in [5, 5.41) is 23.2. The lowest BCUT2D eigenvalue weighted by Crippen LogP contribution is -2.40. The highest BCUT2D eigenvalue weighted by Crippen LogP contribution is 2.44. The molecule has 0 saturated carbocycles. The summed E-state index contributed by atoms with van der Waals surface area (Å²) >= 11 is 0. The van der Waals surface area contributed by atoms with Crippen LogP contribution in [-0.2, 0) is 32.0 Å². The maximum Gasteiger partial charge on any atom is 0.178 e. The van der Waals surface area contributed by atoms with Gasteiger partial charge in [-0.05, 0) is 26.0 Å². The predicted molar refractivity (Wildman–Crippen MR) is 142 cm³/mol. The summed E-state index contributed by atoms with van der Waals surface area (Å²) in [4.78, 5) is 30.2. The van der Waals surface area contributed by atoms with Gasteiger partial charge in [-0.3, -0.25) is 9.36 Å². The lowest BCUT2D eigenvalue weighted by Gasteiger charge is -2.24. The molecule has 2 fully saturated rings. The number of nitrogens with one attached hydrogen (secondary N) is 1. The van der Waals surface area contributed by atoms with Gasteiger partial charge in [-0.15, -0.1) is 5.10 Å². The molecule has 4 atom stereocenters. The van der Waals surface area contributed by atoms with Crippen molar-refractivity contribution in [2.24, 2.45) is 5.16 Å². The molecule has 0 radical (unpaired) electrons. The van der Waals surface area contributed by atoms with Crippen molar-refractivity contribution < 1.29 is 24.2 Å². The molecule has 2 aliphatic rings. The normalized spacial score (nSPS) is 23.5. The Balaban J connectivity index is 1.05. The SMILES string of the molecule is CC1(C)O[C@@H]2[C@@H](C(=O)CNCCc3cn(Cc4cccc(/C=N\O)n4)nn3)OC(n3cnc4c(N)ncnc43)[C@@H]2O1. The number of fused-ring (bicyclic) bond motifs is 2. The number of rotatable bonds is 10. The standard InChI is InChI=1S/C25H29N11O5/c1-25(2)40-20-19(39-24(21(20)41-25)36-13-30-18-22(26)28-12-29-23(18)36)17(37)9-27-7-6-16-11-35(34-33-16)10-15-5-3-4-14(32-15)8-31-38/h3-5,8,11-13,19-21,24,27,38H,6-7,9-10H2,1-2H3,(H2,26,28,29)/b31-8-/t19-,20-,21-,24?/m1/s1. The summed E-state index contributed by atoms with van der Waals surface area (Å²) in [5.41, 5.74) is 8.92. The second kappa shape index (κ2) is 10.9. The Morgan fingerprint density at radius 1 is 1.22 bits per heavy atom. The molecule has 4 aromatic heterocycles. The second-order valence-electron chi connectivity index (χ2n) is 10.2.